The first-order valence-corrected chi connectivity index (χ1v) is 10.8. The lowest BCUT2D eigenvalue weighted by Gasteiger charge is -2.33. The van der Waals surface area contributed by atoms with E-state index in [1.165, 1.54) is 24.8 Å². The van der Waals surface area contributed by atoms with E-state index in [1.54, 1.807) is 0 Å². The molecule has 2 heterocycles. The number of hydrogen-bond acceptors (Lipinski definition) is 3. The molecule has 2 fully saturated rings. The normalized spacial score (nSPS) is 19.5. The van der Waals surface area contributed by atoms with Gasteiger partial charge in [-0.2, -0.15) is 0 Å². The fourth-order valence-electron chi connectivity index (χ4n) is 4.66. The van der Waals surface area contributed by atoms with Crippen LogP contribution in [0.4, 0.5) is 5.95 Å². The van der Waals surface area contributed by atoms with Crippen molar-refractivity contribution in [1.29, 1.82) is 0 Å². The van der Waals surface area contributed by atoms with Gasteiger partial charge in [-0.15, -0.1) is 0 Å². The van der Waals surface area contributed by atoms with Crippen LogP contribution in [-0.4, -0.2) is 34.6 Å². The van der Waals surface area contributed by atoms with E-state index in [0.29, 0.717) is 6.04 Å². The van der Waals surface area contributed by atoms with Crippen LogP contribution >= 0.6 is 0 Å². The van der Waals surface area contributed by atoms with E-state index < -0.39 is 0 Å². The SMILES string of the molecule is CCCn1c(N2CCC(C(=O)NC3CCCCC3)CC2)nc2ccccc21. The molecule has 1 amide bonds. The molecule has 0 unspecified atom stereocenters. The van der Waals surface area contributed by atoms with Crippen LogP contribution in [0.25, 0.3) is 11.0 Å². The van der Waals surface area contributed by atoms with Crippen LogP contribution in [0.5, 0.6) is 0 Å². The van der Waals surface area contributed by atoms with Crippen LogP contribution in [0.3, 0.4) is 0 Å². The molecular formula is C22H32N4O. The van der Waals surface area contributed by atoms with Crippen LogP contribution in [0, 0.1) is 5.92 Å². The number of carbonyl (C=O) groups is 1. The smallest absolute Gasteiger partial charge is 0.223 e. The lowest BCUT2D eigenvalue weighted by Crippen LogP contribution is -2.44. The van der Waals surface area contributed by atoms with Gasteiger partial charge < -0.3 is 14.8 Å². The average molecular weight is 369 g/mol. The van der Waals surface area contributed by atoms with Crippen molar-refractivity contribution in [3.8, 4) is 0 Å². The lowest BCUT2D eigenvalue weighted by atomic mass is 9.92. The Morgan fingerprint density at radius 2 is 1.85 bits per heavy atom. The van der Waals surface area contributed by atoms with E-state index in [2.05, 4.69) is 46.0 Å². The lowest BCUT2D eigenvalue weighted by molar-refractivity contribution is -0.126. The second kappa shape index (κ2) is 8.32. The summed E-state index contributed by atoms with van der Waals surface area (Å²) < 4.78 is 2.34. The number of aryl methyl sites for hydroxylation is 1. The zero-order valence-electron chi connectivity index (χ0n) is 16.5. The number of rotatable bonds is 5. The molecule has 1 saturated heterocycles. The number of nitrogens with zero attached hydrogens (tertiary/aromatic N) is 3. The van der Waals surface area contributed by atoms with Crippen molar-refractivity contribution in [2.24, 2.45) is 5.92 Å². The molecule has 0 bridgehead atoms. The van der Waals surface area contributed by atoms with Crippen molar-refractivity contribution in [3.05, 3.63) is 24.3 Å². The molecule has 0 spiro atoms. The fourth-order valence-corrected chi connectivity index (χ4v) is 4.66. The number of nitrogens with one attached hydrogen (secondary N) is 1. The molecular weight excluding hydrogens is 336 g/mol. The molecule has 1 aromatic carbocycles. The summed E-state index contributed by atoms with van der Waals surface area (Å²) in [5.74, 6) is 1.51. The summed E-state index contributed by atoms with van der Waals surface area (Å²) in [4.78, 5) is 20.0. The Labute approximate surface area is 162 Å². The third-order valence-electron chi connectivity index (χ3n) is 6.18. The number of piperidine rings is 1. The van der Waals surface area contributed by atoms with Gasteiger partial charge in [-0.1, -0.05) is 38.3 Å². The summed E-state index contributed by atoms with van der Waals surface area (Å²) in [7, 11) is 0. The molecule has 1 saturated carbocycles. The number of anilines is 1. The molecule has 0 atom stereocenters. The number of hydrogen-bond donors (Lipinski definition) is 1. The standard InChI is InChI=1S/C22H32N4O/c1-2-14-26-20-11-7-6-10-19(20)24-22(26)25-15-12-17(13-16-25)21(27)23-18-8-4-3-5-9-18/h6-7,10-11,17-18H,2-5,8-9,12-16H2,1H3,(H,23,27). The molecule has 2 aromatic rings. The van der Waals surface area contributed by atoms with Gasteiger partial charge in [0.1, 0.15) is 0 Å². The van der Waals surface area contributed by atoms with E-state index >= 15 is 0 Å². The topological polar surface area (TPSA) is 50.2 Å². The van der Waals surface area contributed by atoms with Crippen LogP contribution < -0.4 is 10.2 Å². The minimum atomic E-state index is 0.159. The van der Waals surface area contributed by atoms with Crippen LogP contribution in [0.2, 0.25) is 0 Å². The Balaban J connectivity index is 1.41. The monoisotopic (exact) mass is 368 g/mol. The van der Waals surface area contributed by atoms with Gasteiger partial charge in [-0.25, -0.2) is 4.98 Å². The Hall–Kier alpha value is -2.04. The number of carbonyl (C=O) groups excluding carboxylic acids is 1. The molecule has 0 radical (unpaired) electrons. The van der Waals surface area contributed by atoms with Crippen molar-refractivity contribution in [1.82, 2.24) is 14.9 Å². The van der Waals surface area contributed by atoms with Crippen LogP contribution in [0.15, 0.2) is 24.3 Å². The third kappa shape index (κ3) is 3.97. The second-order valence-corrected chi connectivity index (χ2v) is 8.16. The number of imidazole rings is 1. The van der Waals surface area contributed by atoms with Gasteiger partial charge in [0.25, 0.3) is 0 Å². The van der Waals surface area contributed by atoms with E-state index in [9.17, 15) is 4.79 Å². The molecule has 2 aliphatic rings. The maximum Gasteiger partial charge on any atom is 0.223 e. The minimum absolute atomic E-state index is 0.159. The van der Waals surface area contributed by atoms with Crippen molar-refractivity contribution in [2.45, 2.75) is 70.9 Å². The first kappa shape index (κ1) is 18.3. The highest BCUT2D eigenvalue weighted by Gasteiger charge is 2.29. The highest BCUT2D eigenvalue weighted by molar-refractivity contribution is 5.80. The number of amides is 1. The molecule has 1 aromatic heterocycles. The van der Waals surface area contributed by atoms with Gasteiger partial charge in [0, 0.05) is 31.6 Å². The van der Waals surface area contributed by atoms with Gasteiger partial charge >= 0.3 is 0 Å². The predicted molar refractivity (Wildman–Crippen MR) is 110 cm³/mol. The van der Waals surface area contributed by atoms with Gasteiger partial charge in [0.2, 0.25) is 11.9 Å². The highest BCUT2D eigenvalue weighted by atomic mass is 16.1. The Bertz CT molecular complexity index is 770. The highest BCUT2D eigenvalue weighted by Crippen LogP contribution is 2.28. The molecule has 5 nitrogen and oxygen atoms in total. The van der Waals surface area contributed by atoms with Gasteiger partial charge in [-0.05, 0) is 44.2 Å². The molecule has 1 aliphatic carbocycles. The second-order valence-electron chi connectivity index (χ2n) is 8.16. The zero-order chi connectivity index (χ0) is 18.6. The summed E-state index contributed by atoms with van der Waals surface area (Å²) in [6.07, 6.45) is 9.10. The minimum Gasteiger partial charge on any atom is -0.353 e. The number of para-hydroxylation sites is 2. The van der Waals surface area contributed by atoms with E-state index in [4.69, 9.17) is 4.98 Å². The average Bonchev–Trinajstić information content (AvgIpc) is 3.08. The van der Waals surface area contributed by atoms with E-state index in [0.717, 1.165) is 63.2 Å². The Morgan fingerprint density at radius 1 is 1.11 bits per heavy atom. The van der Waals surface area contributed by atoms with Crippen molar-refractivity contribution in [3.63, 3.8) is 0 Å². The quantitative estimate of drug-likeness (QED) is 0.864. The zero-order valence-corrected chi connectivity index (χ0v) is 16.5. The summed E-state index contributed by atoms with van der Waals surface area (Å²) in [6, 6.07) is 8.80. The van der Waals surface area contributed by atoms with Crippen molar-refractivity contribution >= 4 is 22.9 Å². The third-order valence-corrected chi connectivity index (χ3v) is 6.18. The molecule has 4 rings (SSSR count). The van der Waals surface area contributed by atoms with Crippen LogP contribution in [0.1, 0.15) is 58.3 Å². The van der Waals surface area contributed by atoms with E-state index in [1.807, 2.05) is 0 Å². The molecule has 1 N–H and O–H groups in total. The Morgan fingerprint density at radius 3 is 2.59 bits per heavy atom. The first-order chi connectivity index (χ1) is 13.3. The van der Waals surface area contributed by atoms with Crippen molar-refractivity contribution < 1.29 is 4.79 Å². The molecule has 146 valence electrons. The summed E-state index contributed by atoms with van der Waals surface area (Å²) in [5, 5.41) is 3.32. The molecule has 5 heteroatoms. The van der Waals surface area contributed by atoms with Gasteiger partial charge in [-0.3, -0.25) is 4.79 Å². The fraction of sp³-hybridized carbons (Fsp3) is 0.636. The summed E-state index contributed by atoms with van der Waals surface area (Å²) >= 11 is 0. The summed E-state index contributed by atoms with van der Waals surface area (Å²) in [6.45, 7) is 5.02. The first-order valence-electron chi connectivity index (χ1n) is 10.8. The van der Waals surface area contributed by atoms with Crippen molar-refractivity contribution in [2.75, 3.05) is 18.0 Å². The maximum absolute atomic E-state index is 12.7. The Kier molecular flexibility index (Phi) is 5.65. The van der Waals surface area contributed by atoms with E-state index in [-0.39, 0.29) is 11.8 Å². The predicted octanol–water partition coefficient (Wildman–Crippen LogP) is 4.11. The molecule has 1 aliphatic heterocycles. The summed E-state index contributed by atoms with van der Waals surface area (Å²) in [5.41, 5.74) is 2.28. The van der Waals surface area contributed by atoms with Gasteiger partial charge in [0.05, 0.1) is 11.0 Å². The number of aromatic nitrogens is 2. The number of benzene rings is 1. The van der Waals surface area contributed by atoms with Crippen LogP contribution in [-0.2, 0) is 11.3 Å². The maximum atomic E-state index is 12.7. The molecule has 27 heavy (non-hydrogen) atoms. The largest absolute Gasteiger partial charge is 0.353 e. The van der Waals surface area contributed by atoms with Gasteiger partial charge in [0.15, 0.2) is 0 Å². The number of fused-ring (bicyclic) bond motifs is 1.